The molecule has 1 aliphatic rings. The Morgan fingerprint density at radius 1 is 1.04 bits per heavy atom. The summed E-state index contributed by atoms with van der Waals surface area (Å²) in [5.74, 6) is 0. The predicted molar refractivity (Wildman–Crippen MR) is 100 cm³/mol. The fourth-order valence-corrected chi connectivity index (χ4v) is 3.90. The Kier molecular flexibility index (Phi) is 4.80. The maximum absolute atomic E-state index is 12.3. The minimum absolute atomic E-state index is 0.0667. The summed E-state index contributed by atoms with van der Waals surface area (Å²) >= 11 is 6.64. The predicted octanol–water partition coefficient (Wildman–Crippen LogP) is 4.29. The van der Waals surface area contributed by atoms with E-state index in [1.54, 1.807) is 30.3 Å². The third-order valence-corrected chi connectivity index (χ3v) is 6.67. The van der Waals surface area contributed by atoms with Crippen molar-refractivity contribution in [3.63, 3.8) is 0 Å². The topological polar surface area (TPSA) is 75.3 Å². The number of nitrogens with one attached hydrogen (secondary N) is 2. The van der Waals surface area contributed by atoms with Crippen molar-refractivity contribution in [3.8, 4) is 0 Å². The van der Waals surface area contributed by atoms with Gasteiger partial charge in [-0.3, -0.25) is 0 Å². The first-order chi connectivity index (χ1) is 11.3. The first-order valence-corrected chi connectivity index (χ1v) is 10.0. The average molecular weight is 472 g/mol. The van der Waals surface area contributed by atoms with Crippen LogP contribution in [0.1, 0.15) is 11.1 Å². The highest BCUT2D eigenvalue weighted by molar-refractivity contribution is 9.13. The summed E-state index contributed by atoms with van der Waals surface area (Å²) in [5, 5.41) is 2.50. The van der Waals surface area contributed by atoms with Crippen LogP contribution >= 0.6 is 31.9 Å². The van der Waals surface area contributed by atoms with Gasteiger partial charge < -0.3 is 5.32 Å². The van der Waals surface area contributed by atoms with Gasteiger partial charge in [0.05, 0.1) is 4.90 Å². The Labute approximate surface area is 156 Å². The molecule has 0 heterocycles. The van der Waals surface area contributed by atoms with Gasteiger partial charge in [-0.1, -0.05) is 18.2 Å². The quantitative estimate of drug-likeness (QED) is 0.700. The zero-order chi connectivity index (χ0) is 17.3. The van der Waals surface area contributed by atoms with E-state index in [9.17, 15) is 13.2 Å². The third-order valence-electron chi connectivity index (χ3n) is 3.46. The van der Waals surface area contributed by atoms with Crippen molar-refractivity contribution < 1.29 is 13.2 Å². The molecule has 2 N–H and O–H groups in total. The van der Waals surface area contributed by atoms with E-state index < -0.39 is 16.1 Å². The lowest BCUT2D eigenvalue weighted by Crippen LogP contribution is -2.34. The minimum atomic E-state index is -3.93. The number of hydrogen-bond donors (Lipinski definition) is 2. The van der Waals surface area contributed by atoms with Crippen LogP contribution in [0.15, 0.2) is 56.3 Å². The van der Waals surface area contributed by atoms with Crippen LogP contribution in [0.4, 0.5) is 10.5 Å². The van der Waals surface area contributed by atoms with Crippen molar-refractivity contribution in [3.05, 3.63) is 62.5 Å². The molecule has 0 radical (unpaired) electrons. The molecule has 0 aliphatic heterocycles. The number of fused-ring (bicyclic) bond motifs is 1. The van der Waals surface area contributed by atoms with Crippen LogP contribution in [0, 0.1) is 0 Å². The maximum Gasteiger partial charge on any atom is 0.333 e. The molecule has 3 rings (SSSR count). The first-order valence-electron chi connectivity index (χ1n) is 6.93. The lowest BCUT2D eigenvalue weighted by atomic mass is 10.1. The monoisotopic (exact) mass is 470 g/mol. The molecule has 124 valence electrons. The molecule has 0 atom stereocenters. The summed E-state index contributed by atoms with van der Waals surface area (Å²) in [6, 6.07) is 9.04. The zero-order valence-electron chi connectivity index (χ0n) is 12.2. The van der Waals surface area contributed by atoms with Crippen LogP contribution in [0.25, 0.3) is 6.08 Å². The molecule has 5 nitrogen and oxygen atoms in total. The van der Waals surface area contributed by atoms with Crippen molar-refractivity contribution in [2.24, 2.45) is 0 Å². The summed E-state index contributed by atoms with van der Waals surface area (Å²) in [7, 11) is -3.93. The number of anilines is 1. The van der Waals surface area contributed by atoms with Gasteiger partial charge in [0.15, 0.2) is 0 Å². The number of halogens is 2. The van der Waals surface area contributed by atoms with Crippen LogP contribution < -0.4 is 10.0 Å². The number of urea groups is 1. The molecular formula is C16H12Br2N2O3S. The highest BCUT2D eigenvalue weighted by Gasteiger charge is 2.19. The Bertz CT molecular complexity index is 956. The molecule has 24 heavy (non-hydrogen) atoms. The van der Waals surface area contributed by atoms with Gasteiger partial charge in [0.2, 0.25) is 0 Å². The lowest BCUT2D eigenvalue weighted by molar-refractivity contribution is 0.256. The van der Waals surface area contributed by atoms with Crippen LogP contribution in [-0.2, 0) is 16.4 Å². The second-order valence-electron chi connectivity index (χ2n) is 5.16. The largest absolute Gasteiger partial charge is 0.333 e. The smallest absolute Gasteiger partial charge is 0.307 e. The Morgan fingerprint density at radius 2 is 1.83 bits per heavy atom. The number of benzene rings is 2. The van der Waals surface area contributed by atoms with Crippen LogP contribution in [0.5, 0.6) is 0 Å². The van der Waals surface area contributed by atoms with Gasteiger partial charge in [0.1, 0.15) is 0 Å². The minimum Gasteiger partial charge on any atom is -0.307 e. The van der Waals surface area contributed by atoms with E-state index in [2.05, 4.69) is 37.2 Å². The van der Waals surface area contributed by atoms with Crippen molar-refractivity contribution in [2.75, 3.05) is 5.32 Å². The summed E-state index contributed by atoms with van der Waals surface area (Å²) in [4.78, 5) is 12.1. The molecule has 2 aromatic carbocycles. The molecule has 0 fully saturated rings. The molecule has 0 bridgehead atoms. The highest BCUT2D eigenvalue weighted by atomic mass is 79.9. The van der Waals surface area contributed by atoms with Gasteiger partial charge in [-0.2, -0.15) is 0 Å². The second-order valence-corrected chi connectivity index (χ2v) is 8.55. The second kappa shape index (κ2) is 6.70. The molecule has 0 saturated carbocycles. The van der Waals surface area contributed by atoms with E-state index >= 15 is 0 Å². The van der Waals surface area contributed by atoms with E-state index in [0.29, 0.717) is 12.1 Å². The summed E-state index contributed by atoms with van der Waals surface area (Å²) < 4.78 is 28.3. The van der Waals surface area contributed by atoms with Gasteiger partial charge in [-0.25, -0.2) is 17.9 Å². The molecule has 8 heteroatoms. The molecule has 1 aliphatic carbocycles. The summed E-state index contributed by atoms with van der Waals surface area (Å²) in [5.41, 5.74) is 2.39. The average Bonchev–Trinajstić information content (AvgIpc) is 2.98. The van der Waals surface area contributed by atoms with Crippen molar-refractivity contribution in [2.45, 2.75) is 11.3 Å². The molecule has 2 aromatic rings. The number of rotatable bonds is 3. The third kappa shape index (κ3) is 3.71. The number of sulfonamides is 1. The summed E-state index contributed by atoms with van der Waals surface area (Å²) in [6.45, 7) is 0. The highest BCUT2D eigenvalue weighted by Crippen LogP contribution is 2.26. The molecule has 0 unspecified atom stereocenters. The fourth-order valence-electron chi connectivity index (χ4n) is 2.31. The number of carbonyl (C=O) groups excluding carboxylic acids is 1. The van der Waals surface area contributed by atoms with Crippen LogP contribution in [0.3, 0.4) is 0 Å². The van der Waals surface area contributed by atoms with E-state index in [-0.39, 0.29) is 4.90 Å². The Balaban J connectivity index is 1.74. The van der Waals surface area contributed by atoms with Crippen molar-refractivity contribution in [1.29, 1.82) is 0 Å². The molecule has 0 spiro atoms. The van der Waals surface area contributed by atoms with Crippen molar-refractivity contribution in [1.82, 2.24) is 4.72 Å². The molecule has 0 aromatic heterocycles. The zero-order valence-corrected chi connectivity index (χ0v) is 16.2. The molecule has 0 saturated heterocycles. The fraction of sp³-hybridized carbons (Fsp3) is 0.0625. The van der Waals surface area contributed by atoms with E-state index in [1.807, 2.05) is 16.9 Å². The maximum atomic E-state index is 12.3. The number of hydrogen-bond acceptors (Lipinski definition) is 3. The van der Waals surface area contributed by atoms with Gasteiger partial charge in [0.25, 0.3) is 10.0 Å². The molecule has 2 amide bonds. The standard InChI is InChI=1S/C16H12Br2N2O3S/c17-14-7-5-12(9-15(14)18)19-16(21)20-24(22,23)13-6-4-10-2-1-3-11(10)8-13/h1-2,4-9H,3H2,(H2,19,20,21). The number of carbonyl (C=O) groups is 1. The normalized spacial score (nSPS) is 12.8. The van der Waals surface area contributed by atoms with Crippen LogP contribution in [-0.4, -0.2) is 14.4 Å². The number of allylic oxidation sites excluding steroid dienone is 1. The van der Waals surface area contributed by atoms with Crippen LogP contribution in [0.2, 0.25) is 0 Å². The van der Waals surface area contributed by atoms with Gasteiger partial charge in [-0.05, 0) is 79.7 Å². The summed E-state index contributed by atoms with van der Waals surface area (Å²) in [6.07, 6.45) is 4.60. The van der Waals surface area contributed by atoms with E-state index in [0.717, 1.165) is 20.1 Å². The Hall–Kier alpha value is -1.64. The molecular weight excluding hydrogens is 460 g/mol. The van der Waals surface area contributed by atoms with Gasteiger partial charge in [0, 0.05) is 14.6 Å². The van der Waals surface area contributed by atoms with E-state index in [1.165, 1.54) is 6.07 Å². The lowest BCUT2D eigenvalue weighted by Gasteiger charge is -2.10. The Morgan fingerprint density at radius 3 is 2.58 bits per heavy atom. The first kappa shape index (κ1) is 17.2. The number of amides is 2. The van der Waals surface area contributed by atoms with Gasteiger partial charge >= 0.3 is 6.03 Å². The SMILES string of the molecule is O=C(Nc1ccc(Br)c(Br)c1)NS(=O)(=O)c1ccc2c(c1)CC=C2. The van der Waals surface area contributed by atoms with E-state index in [4.69, 9.17) is 0 Å². The van der Waals surface area contributed by atoms with Gasteiger partial charge in [-0.15, -0.1) is 0 Å². The van der Waals surface area contributed by atoms with Crippen molar-refractivity contribution >= 4 is 59.7 Å².